The number of hydrogen-bond donors (Lipinski definition) is 2. The Balaban J connectivity index is 1.46. The van der Waals surface area contributed by atoms with Gasteiger partial charge in [-0.25, -0.2) is 15.0 Å². The van der Waals surface area contributed by atoms with Crippen molar-refractivity contribution in [3.8, 4) is 28.8 Å². The van der Waals surface area contributed by atoms with Gasteiger partial charge in [0, 0.05) is 42.4 Å². The maximum absolute atomic E-state index is 12.6. The minimum atomic E-state index is -0.175. The Hall–Kier alpha value is -3.59. The van der Waals surface area contributed by atoms with Crippen molar-refractivity contribution in [2.45, 2.75) is 38.8 Å². The van der Waals surface area contributed by atoms with Crippen molar-refractivity contribution in [2.75, 3.05) is 13.2 Å². The Morgan fingerprint density at radius 1 is 1.22 bits per heavy atom. The van der Waals surface area contributed by atoms with Crippen LogP contribution in [0.3, 0.4) is 0 Å². The molecule has 2 atom stereocenters. The van der Waals surface area contributed by atoms with Crippen LogP contribution < -0.4 is 20.1 Å². The second-order valence-corrected chi connectivity index (χ2v) is 7.51. The second-order valence-electron chi connectivity index (χ2n) is 7.51. The van der Waals surface area contributed by atoms with E-state index in [1.54, 1.807) is 36.8 Å². The highest BCUT2D eigenvalue weighted by Gasteiger charge is 2.23. The van der Waals surface area contributed by atoms with E-state index in [9.17, 15) is 4.79 Å². The van der Waals surface area contributed by atoms with Gasteiger partial charge in [-0.05, 0) is 51.4 Å². The smallest absolute Gasteiger partial charge is 0.262 e. The monoisotopic (exact) mass is 434 g/mol. The van der Waals surface area contributed by atoms with Crippen molar-refractivity contribution < 1.29 is 14.3 Å². The van der Waals surface area contributed by atoms with E-state index in [1.807, 2.05) is 6.92 Å². The lowest BCUT2D eigenvalue weighted by atomic mass is 9.99. The molecule has 1 aliphatic rings. The molecule has 9 heteroatoms. The number of amides is 1. The van der Waals surface area contributed by atoms with Crippen molar-refractivity contribution in [1.82, 2.24) is 30.6 Å². The Bertz CT molecular complexity index is 1060. The first kappa shape index (κ1) is 21.6. The molecule has 1 amide bonds. The van der Waals surface area contributed by atoms with Crippen LogP contribution in [0.5, 0.6) is 17.4 Å². The van der Waals surface area contributed by atoms with E-state index in [0.29, 0.717) is 40.9 Å². The summed E-state index contributed by atoms with van der Waals surface area (Å²) in [5.41, 5.74) is 1.08. The van der Waals surface area contributed by atoms with Gasteiger partial charge in [-0.2, -0.15) is 0 Å². The number of pyridine rings is 2. The van der Waals surface area contributed by atoms with Gasteiger partial charge in [-0.3, -0.25) is 9.78 Å². The third kappa shape index (κ3) is 5.17. The van der Waals surface area contributed by atoms with Gasteiger partial charge < -0.3 is 20.1 Å². The van der Waals surface area contributed by atoms with Crippen LogP contribution in [0.1, 0.15) is 37.0 Å². The number of rotatable bonds is 7. The number of aromatic nitrogens is 4. The van der Waals surface area contributed by atoms with Gasteiger partial charge >= 0.3 is 0 Å². The Morgan fingerprint density at radius 2 is 2.06 bits per heavy atom. The average Bonchev–Trinajstić information content (AvgIpc) is 2.82. The molecular formula is C23H26N6O3. The number of piperidine rings is 1. The zero-order valence-corrected chi connectivity index (χ0v) is 18.1. The van der Waals surface area contributed by atoms with Crippen LogP contribution in [0.25, 0.3) is 11.4 Å². The van der Waals surface area contributed by atoms with Crippen LogP contribution in [0.15, 0.2) is 49.2 Å². The van der Waals surface area contributed by atoms with Gasteiger partial charge in [0.15, 0.2) is 11.6 Å². The van der Waals surface area contributed by atoms with E-state index in [4.69, 9.17) is 9.47 Å². The highest BCUT2D eigenvalue weighted by molar-refractivity contribution is 5.94. The lowest BCUT2D eigenvalue weighted by Crippen LogP contribution is -2.51. The third-order valence-corrected chi connectivity index (χ3v) is 5.21. The molecule has 0 spiro atoms. The molecule has 4 heterocycles. The fourth-order valence-electron chi connectivity index (χ4n) is 3.51. The van der Waals surface area contributed by atoms with Crippen molar-refractivity contribution in [1.29, 1.82) is 0 Å². The summed E-state index contributed by atoms with van der Waals surface area (Å²) < 4.78 is 11.4. The molecule has 9 nitrogen and oxygen atoms in total. The molecule has 166 valence electrons. The molecule has 0 aliphatic carbocycles. The molecule has 1 saturated heterocycles. The summed E-state index contributed by atoms with van der Waals surface area (Å²) in [5.74, 6) is 1.65. The number of nitrogens with zero attached hydrogens (tertiary/aromatic N) is 4. The summed E-state index contributed by atoms with van der Waals surface area (Å²) in [4.78, 5) is 29.7. The number of hydrogen-bond acceptors (Lipinski definition) is 8. The maximum Gasteiger partial charge on any atom is 0.262 e. The summed E-state index contributed by atoms with van der Waals surface area (Å²) >= 11 is 0. The summed E-state index contributed by atoms with van der Waals surface area (Å²) in [6, 6.07) is 5.68. The minimum absolute atomic E-state index is 0.0992. The zero-order chi connectivity index (χ0) is 22.3. The summed E-state index contributed by atoms with van der Waals surface area (Å²) in [6.45, 7) is 5.46. The predicted molar refractivity (Wildman–Crippen MR) is 119 cm³/mol. The van der Waals surface area contributed by atoms with E-state index >= 15 is 0 Å². The highest BCUT2D eigenvalue weighted by atomic mass is 16.5. The number of carbonyl (C=O) groups is 1. The molecule has 2 unspecified atom stereocenters. The zero-order valence-electron chi connectivity index (χ0n) is 18.1. The lowest BCUT2D eigenvalue weighted by Gasteiger charge is -2.30. The van der Waals surface area contributed by atoms with E-state index < -0.39 is 0 Å². The Morgan fingerprint density at radius 3 is 2.84 bits per heavy atom. The van der Waals surface area contributed by atoms with Gasteiger partial charge in [0.1, 0.15) is 5.75 Å². The summed E-state index contributed by atoms with van der Waals surface area (Å²) in [5, 5.41) is 6.44. The molecule has 1 aliphatic heterocycles. The minimum Gasteiger partial charge on any atom is -0.488 e. The Labute approximate surface area is 186 Å². The predicted octanol–water partition coefficient (Wildman–Crippen LogP) is 2.99. The molecule has 0 saturated carbocycles. The van der Waals surface area contributed by atoms with E-state index in [-0.39, 0.29) is 18.0 Å². The SMILES string of the molecule is CCOc1cccnc1Oc1cncc(-c2ncc(C(=O)NC3CCCNC3C)cn2)c1. The standard InChI is InChI=1S/C23H26N6O3/c1-3-31-20-7-5-9-26-23(20)32-18-10-16(11-24-14-18)21-27-12-17(13-28-21)22(30)29-19-6-4-8-25-15(19)2/h5,7,9-15,19,25H,3-4,6,8H2,1-2H3,(H,29,30). The highest BCUT2D eigenvalue weighted by Crippen LogP contribution is 2.30. The lowest BCUT2D eigenvalue weighted by molar-refractivity contribution is 0.0919. The van der Waals surface area contributed by atoms with Gasteiger partial charge in [0.2, 0.25) is 0 Å². The molecule has 0 aromatic carbocycles. The van der Waals surface area contributed by atoms with Crippen molar-refractivity contribution in [2.24, 2.45) is 0 Å². The van der Waals surface area contributed by atoms with Gasteiger partial charge in [-0.1, -0.05) is 0 Å². The maximum atomic E-state index is 12.6. The molecule has 0 bridgehead atoms. The first-order chi connectivity index (χ1) is 15.6. The second kappa shape index (κ2) is 10.1. The first-order valence-corrected chi connectivity index (χ1v) is 10.7. The number of carbonyl (C=O) groups excluding carboxylic acids is 1. The summed E-state index contributed by atoms with van der Waals surface area (Å²) in [6.07, 6.45) is 9.90. The molecule has 3 aromatic rings. The van der Waals surface area contributed by atoms with Gasteiger partial charge in [0.25, 0.3) is 11.8 Å². The van der Waals surface area contributed by atoms with Crippen LogP contribution >= 0.6 is 0 Å². The van der Waals surface area contributed by atoms with Crippen LogP contribution in [-0.2, 0) is 0 Å². The van der Waals surface area contributed by atoms with Crippen LogP contribution in [0.2, 0.25) is 0 Å². The third-order valence-electron chi connectivity index (χ3n) is 5.21. The largest absolute Gasteiger partial charge is 0.488 e. The molecule has 1 fully saturated rings. The molecule has 0 radical (unpaired) electrons. The number of nitrogens with one attached hydrogen (secondary N) is 2. The van der Waals surface area contributed by atoms with Crippen molar-refractivity contribution in [3.05, 3.63) is 54.7 Å². The molecular weight excluding hydrogens is 408 g/mol. The molecule has 32 heavy (non-hydrogen) atoms. The van der Waals surface area contributed by atoms with E-state index in [2.05, 4.69) is 37.5 Å². The fraction of sp³-hybridized carbons (Fsp3) is 0.348. The molecule has 4 rings (SSSR count). The number of ether oxygens (including phenoxy) is 2. The average molecular weight is 435 g/mol. The Kier molecular flexibility index (Phi) is 6.86. The van der Waals surface area contributed by atoms with E-state index in [1.165, 1.54) is 12.4 Å². The summed E-state index contributed by atoms with van der Waals surface area (Å²) in [7, 11) is 0. The van der Waals surface area contributed by atoms with Crippen LogP contribution in [0, 0.1) is 0 Å². The van der Waals surface area contributed by atoms with E-state index in [0.717, 1.165) is 19.4 Å². The topological polar surface area (TPSA) is 111 Å². The normalized spacial score (nSPS) is 18.1. The van der Waals surface area contributed by atoms with Crippen molar-refractivity contribution >= 4 is 5.91 Å². The fourth-order valence-corrected chi connectivity index (χ4v) is 3.51. The van der Waals surface area contributed by atoms with Crippen LogP contribution in [0.4, 0.5) is 0 Å². The molecule has 2 N–H and O–H groups in total. The van der Waals surface area contributed by atoms with Crippen molar-refractivity contribution in [3.63, 3.8) is 0 Å². The quantitative estimate of drug-likeness (QED) is 0.584. The van der Waals surface area contributed by atoms with Gasteiger partial charge in [-0.15, -0.1) is 0 Å². The van der Waals surface area contributed by atoms with Crippen LogP contribution in [-0.4, -0.2) is 51.1 Å². The first-order valence-electron chi connectivity index (χ1n) is 10.7. The van der Waals surface area contributed by atoms with Gasteiger partial charge in [0.05, 0.1) is 18.4 Å². The molecule has 3 aromatic heterocycles.